The van der Waals surface area contributed by atoms with Crippen LogP contribution in [-0.2, 0) is 33.4 Å². The lowest BCUT2D eigenvalue weighted by Crippen LogP contribution is -2.61. The Morgan fingerprint density at radius 1 is 1.03 bits per heavy atom. The van der Waals surface area contributed by atoms with Crippen molar-refractivity contribution >= 4 is 46.1 Å². The van der Waals surface area contributed by atoms with Gasteiger partial charge >= 0.3 is 17.9 Å². The van der Waals surface area contributed by atoms with E-state index in [1.807, 2.05) is 24.8 Å². The van der Waals surface area contributed by atoms with Crippen LogP contribution < -0.4 is 20.4 Å². The molecule has 4 saturated carbocycles. The highest BCUT2D eigenvalue weighted by Crippen LogP contribution is 2.67. The third-order valence-electron chi connectivity index (χ3n) is 14.9. The van der Waals surface area contributed by atoms with Crippen molar-refractivity contribution in [2.75, 3.05) is 45.0 Å². The fraction of sp³-hybridized carbons (Fsp3) is 0.609. The number of aliphatic hydroxyl groups is 2. The summed E-state index contributed by atoms with van der Waals surface area (Å²) in [6.07, 6.45) is 9.13. The number of benzene rings is 1. The molecular weight excluding hydrogens is 806 g/mol. The minimum absolute atomic E-state index is 0.00657. The number of allylic oxidation sites excluding steroid dienone is 4. The third-order valence-corrected chi connectivity index (χ3v) is 14.9. The van der Waals surface area contributed by atoms with E-state index < -0.39 is 70.9 Å². The lowest BCUT2D eigenvalue weighted by molar-refractivity contribution is -0.181. The monoisotopic (exact) mass is 861 g/mol. The molecule has 16 heteroatoms. The molecule has 0 radical (unpaired) electrons. The van der Waals surface area contributed by atoms with Gasteiger partial charge in [0.25, 0.3) is 0 Å². The molecule has 8 rings (SSSR count). The molecule has 1 aliphatic heterocycles. The minimum Gasteiger partial charge on any atom is -0.492 e. The summed E-state index contributed by atoms with van der Waals surface area (Å²) in [7, 11) is 1.42. The molecule has 2 heterocycles. The second-order valence-corrected chi connectivity index (χ2v) is 18.6. The molecule has 0 bridgehead atoms. The van der Waals surface area contributed by atoms with E-state index in [4.69, 9.17) is 18.9 Å². The van der Waals surface area contributed by atoms with Gasteiger partial charge < -0.3 is 43.9 Å². The van der Waals surface area contributed by atoms with Crippen LogP contribution in [0.25, 0.3) is 10.9 Å². The van der Waals surface area contributed by atoms with Crippen molar-refractivity contribution in [3.63, 3.8) is 0 Å². The Kier molecular flexibility index (Phi) is 11.7. The Labute approximate surface area is 358 Å². The topological polar surface area (TPSA) is 200 Å². The maximum absolute atomic E-state index is 15.8. The van der Waals surface area contributed by atoms with Gasteiger partial charge in [0.15, 0.2) is 24.0 Å². The van der Waals surface area contributed by atoms with Gasteiger partial charge in [-0.1, -0.05) is 25.5 Å². The summed E-state index contributed by atoms with van der Waals surface area (Å²) < 4.78 is 38.7. The van der Waals surface area contributed by atoms with Crippen molar-refractivity contribution in [2.24, 2.45) is 28.6 Å². The highest BCUT2D eigenvalue weighted by atomic mass is 19.1. The van der Waals surface area contributed by atoms with Crippen molar-refractivity contribution in [1.29, 1.82) is 0 Å². The van der Waals surface area contributed by atoms with Gasteiger partial charge in [0.1, 0.15) is 16.9 Å². The first-order chi connectivity index (χ1) is 29.5. The molecule has 0 amide bonds. The van der Waals surface area contributed by atoms with Crippen LogP contribution in [0.15, 0.2) is 40.9 Å². The summed E-state index contributed by atoms with van der Waals surface area (Å²) in [6.45, 7) is 6.14. The van der Waals surface area contributed by atoms with Crippen LogP contribution in [0, 0.1) is 34.4 Å². The molecule has 1 aromatic carbocycles. The number of ether oxygens (including phenoxy) is 4. The Morgan fingerprint density at radius 3 is 2.48 bits per heavy atom. The van der Waals surface area contributed by atoms with Crippen LogP contribution in [0.5, 0.6) is 5.75 Å². The van der Waals surface area contributed by atoms with E-state index in [0.29, 0.717) is 38.0 Å². The normalized spacial score (nSPS) is 31.4. The van der Waals surface area contributed by atoms with Crippen LogP contribution in [0.3, 0.4) is 0 Å². The van der Waals surface area contributed by atoms with Crippen molar-refractivity contribution < 1.29 is 57.5 Å². The number of aromatic nitrogens is 1. The average Bonchev–Trinajstić information content (AvgIpc) is 4.04. The Balaban J connectivity index is 0.822. The average molecular weight is 862 g/mol. The summed E-state index contributed by atoms with van der Waals surface area (Å²) in [5.74, 6) is -3.94. The van der Waals surface area contributed by atoms with Crippen molar-refractivity contribution in [3.8, 4) is 5.75 Å². The number of carbonyl (C=O) groups excluding carboxylic acids is 5. The van der Waals surface area contributed by atoms with Crippen LogP contribution in [-0.4, -0.2) is 102 Å². The first-order valence-electron chi connectivity index (χ1n) is 21.8. The van der Waals surface area contributed by atoms with E-state index in [-0.39, 0.29) is 90.1 Å². The van der Waals surface area contributed by atoms with E-state index in [1.54, 1.807) is 16.7 Å². The van der Waals surface area contributed by atoms with Gasteiger partial charge in [-0.2, -0.15) is 0 Å². The number of esters is 3. The number of halogens is 1. The molecular formula is C46H56FN3O12. The molecule has 2 aromatic rings. The van der Waals surface area contributed by atoms with Gasteiger partial charge in [0, 0.05) is 67.5 Å². The van der Waals surface area contributed by atoms with Gasteiger partial charge in [-0.05, 0) is 88.3 Å². The number of hydrogen-bond acceptors (Lipinski definition) is 14. The third kappa shape index (κ3) is 7.55. The molecule has 8 atom stereocenters. The predicted molar refractivity (Wildman–Crippen MR) is 222 cm³/mol. The molecule has 3 N–H and O–H groups in total. The highest BCUT2D eigenvalue weighted by Gasteiger charge is 2.68. The highest BCUT2D eigenvalue weighted by molar-refractivity contribution is 6.01. The molecule has 334 valence electrons. The van der Waals surface area contributed by atoms with Gasteiger partial charge in [-0.15, -0.1) is 0 Å². The standard InChI is InChI=1S/C46H56FN3O12/c1-25-21-49(17-16-48-25)40-33(47)19-30-39(42(40)59-4)50(27-9-10-27)22-31(41(30)56)43(57)62-24-61-37(55)7-5-6-36(54)60-23-35(53)46(58)15-13-32-29-11-8-26-18-28(51)12-14-44(26,2)38(29)34(52)20-45(32,46)3/h12,14,18-19,22,25,27,29,32,34,38,48,52,58H,5-11,13,15-17,20-21,23-24H2,1-4H3/t25?,29?,32?,34-,38?,44-,45-,46-/m0/s1. The van der Waals surface area contributed by atoms with E-state index in [1.165, 1.54) is 13.3 Å². The minimum atomic E-state index is -1.81. The number of ketones is 2. The van der Waals surface area contributed by atoms with E-state index in [9.17, 15) is 39.0 Å². The van der Waals surface area contributed by atoms with Gasteiger partial charge in [0.2, 0.25) is 18.0 Å². The van der Waals surface area contributed by atoms with Crippen LogP contribution >= 0.6 is 0 Å². The van der Waals surface area contributed by atoms with Crippen molar-refractivity contribution in [2.45, 2.75) is 109 Å². The molecule has 0 spiro atoms. The number of carbonyl (C=O) groups is 5. The number of pyridine rings is 1. The molecule has 15 nitrogen and oxygen atoms in total. The second-order valence-electron chi connectivity index (χ2n) is 18.6. The smallest absolute Gasteiger partial charge is 0.346 e. The molecule has 4 unspecified atom stereocenters. The number of methoxy groups -OCH3 is 1. The quantitative estimate of drug-likeness (QED) is 0.191. The van der Waals surface area contributed by atoms with Gasteiger partial charge in [0.05, 0.1) is 24.1 Å². The molecule has 5 aliphatic carbocycles. The first-order valence-corrected chi connectivity index (χ1v) is 21.8. The summed E-state index contributed by atoms with van der Waals surface area (Å²) in [6, 6.07) is 1.20. The zero-order valence-electron chi connectivity index (χ0n) is 35.7. The lowest BCUT2D eigenvalue weighted by atomic mass is 9.46. The fourth-order valence-corrected chi connectivity index (χ4v) is 11.7. The second kappa shape index (κ2) is 16.6. The van der Waals surface area contributed by atoms with E-state index >= 15 is 4.39 Å². The van der Waals surface area contributed by atoms with E-state index in [0.717, 1.165) is 30.9 Å². The maximum Gasteiger partial charge on any atom is 0.346 e. The molecule has 6 aliphatic rings. The number of aliphatic hydroxyl groups excluding tert-OH is 1. The number of hydrogen-bond donors (Lipinski definition) is 3. The van der Waals surface area contributed by atoms with Crippen molar-refractivity contribution in [1.82, 2.24) is 9.88 Å². The lowest BCUT2D eigenvalue weighted by Gasteiger charge is -2.59. The number of anilines is 1. The Bertz CT molecular complexity index is 2320. The molecule has 5 fully saturated rings. The van der Waals surface area contributed by atoms with Gasteiger partial charge in [-0.3, -0.25) is 24.0 Å². The number of nitrogens with zero attached hydrogens (tertiary/aromatic N) is 2. The van der Waals surface area contributed by atoms with E-state index in [2.05, 4.69) is 12.2 Å². The zero-order chi connectivity index (χ0) is 44.3. The Hall–Kier alpha value is -4.93. The molecule has 1 saturated heterocycles. The zero-order valence-corrected chi connectivity index (χ0v) is 35.7. The van der Waals surface area contributed by atoms with Crippen LogP contribution in [0.1, 0.15) is 101 Å². The molecule has 1 aromatic heterocycles. The van der Waals surface area contributed by atoms with Gasteiger partial charge in [-0.25, -0.2) is 9.18 Å². The number of rotatable bonds is 13. The van der Waals surface area contributed by atoms with Crippen molar-refractivity contribution in [3.05, 3.63) is 57.7 Å². The summed E-state index contributed by atoms with van der Waals surface area (Å²) in [5, 5.41) is 26.8. The number of piperazine rings is 1. The number of nitrogens with one attached hydrogen (secondary N) is 1. The Morgan fingerprint density at radius 2 is 1.77 bits per heavy atom. The summed E-state index contributed by atoms with van der Waals surface area (Å²) in [5.41, 5.74) is -2.70. The van der Waals surface area contributed by atoms with Crippen LogP contribution in [0.2, 0.25) is 0 Å². The van der Waals surface area contributed by atoms with Crippen LogP contribution in [0.4, 0.5) is 10.1 Å². The summed E-state index contributed by atoms with van der Waals surface area (Å²) >= 11 is 0. The summed E-state index contributed by atoms with van der Waals surface area (Å²) in [4.78, 5) is 79.6. The predicted octanol–water partition coefficient (Wildman–Crippen LogP) is 4.23. The first kappa shape index (κ1) is 43.7. The SMILES string of the molecule is COc1c(N2CCNC(C)C2)c(F)cc2c(=O)c(C(=O)OCOC(=O)CCCC(=O)OCC(=O)[C@@]3(O)CCC4C5CCC6=CC(=O)C=C[C@]6(C)C5[C@@H](O)C[C@@]43C)cn(C3CC3)c12. The molecule has 62 heavy (non-hydrogen) atoms. The number of Topliss-reactive ketones (excluding diaryl/α,β-unsaturated/α-hetero) is 1. The maximum atomic E-state index is 15.8. The number of fused-ring (bicyclic) bond motifs is 6. The largest absolute Gasteiger partial charge is 0.492 e. The fourth-order valence-electron chi connectivity index (χ4n) is 11.7.